The molecule has 1 amide bonds. The first-order valence-corrected chi connectivity index (χ1v) is 8.53. The highest BCUT2D eigenvalue weighted by Gasteiger charge is 2.15. The van der Waals surface area contributed by atoms with Crippen molar-refractivity contribution < 1.29 is 9.21 Å². The Morgan fingerprint density at radius 1 is 1.19 bits per heavy atom. The summed E-state index contributed by atoms with van der Waals surface area (Å²) in [6, 6.07) is 11.3. The quantitative estimate of drug-likeness (QED) is 0.690. The van der Waals surface area contributed by atoms with Crippen LogP contribution in [-0.2, 0) is 6.54 Å². The van der Waals surface area contributed by atoms with Crippen LogP contribution in [0, 0.1) is 6.92 Å². The monoisotopic (exact) mass is 350 g/mol. The maximum absolute atomic E-state index is 12.7. The molecule has 26 heavy (non-hydrogen) atoms. The third kappa shape index (κ3) is 4.08. The van der Waals surface area contributed by atoms with Gasteiger partial charge in [0.15, 0.2) is 0 Å². The molecule has 0 atom stereocenters. The number of amides is 1. The second-order valence-corrected chi connectivity index (χ2v) is 6.37. The van der Waals surface area contributed by atoms with Gasteiger partial charge in [0.05, 0.1) is 12.8 Å². The predicted molar refractivity (Wildman–Crippen MR) is 101 cm³/mol. The number of hydrogen-bond donors (Lipinski definition) is 2. The summed E-state index contributed by atoms with van der Waals surface area (Å²) >= 11 is 0. The van der Waals surface area contributed by atoms with Crippen LogP contribution in [0.4, 0.5) is 11.5 Å². The SMILES string of the molecule is Cc1cccc(C(C)C)c1NC(=O)c1cc(NCc2ccco2)ncn1. The largest absolute Gasteiger partial charge is 0.467 e. The number of rotatable bonds is 6. The molecule has 0 unspecified atom stereocenters. The van der Waals surface area contributed by atoms with Crippen LogP contribution in [0.15, 0.2) is 53.4 Å². The van der Waals surface area contributed by atoms with E-state index in [0.717, 1.165) is 22.6 Å². The molecule has 0 fully saturated rings. The summed E-state index contributed by atoms with van der Waals surface area (Å²) in [5, 5.41) is 6.12. The number of carbonyl (C=O) groups excluding carboxylic acids is 1. The van der Waals surface area contributed by atoms with Crippen LogP contribution in [0.5, 0.6) is 0 Å². The molecule has 2 N–H and O–H groups in total. The van der Waals surface area contributed by atoms with Crippen LogP contribution in [-0.4, -0.2) is 15.9 Å². The molecule has 3 rings (SSSR count). The van der Waals surface area contributed by atoms with E-state index in [9.17, 15) is 4.79 Å². The van der Waals surface area contributed by atoms with Crippen molar-refractivity contribution in [2.24, 2.45) is 0 Å². The predicted octanol–water partition coefficient (Wildman–Crippen LogP) is 4.37. The Balaban J connectivity index is 1.75. The van der Waals surface area contributed by atoms with Crippen molar-refractivity contribution in [1.29, 1.82) is 0 Å². The van der Waals surface area contributed by atoms with Crippen LogP contribution in [0.25, 0.3) is 0 Å². The van der Waals surface area contributed by atoms with E-state index < -0.39 is 0 Å². The molecule has 0 aliphatic carbocycles. The third-order valence-corrected chi connectivity index (χ3v) is 4.09. The summed E-state index contributed by atoms with van der Waals surface area (Å²) in [5.41, 5.74) is 3.27. The number of nitrogens with one attached hydrogen (secondary N) is 2. The normalized spacial score (nSPS) is 10.8. The zero-order chi connectivity index (χ0) is 18.5. The number of anilines is 2. The fourth-order valence-electron chi connectivity index (χ4n) is 2.69. The van der Waals surface area contributed by atoms with Gasteiger partial charge >= 0.3 is 0 Å². The van der Waals surface area contributed by atoms with Crippen LogP contribution in [0.3, 0.4) is 0 Å². The van der Waals surface area contributed by atoms with Gasteiger partial charge in [0.1, 0.15) is 23.6 Å². The van der Waals surface area contributed by atoms with E-state index in [2.05, 4.69) is 34.4 Å². The molecule has 2 aromatic heterocycles. The Kier molecular flexibility index (Phi) is 5.31. The summed E-state index contributed by atoms with van der Waals surface area (Å²) in [7, 11) is 0. The molecule has 0 bridgehead atoms. The maximum Gasteiger partial charge on any atom is 0.274 e. The lowest BCUT2D eigenvalue weighted by atomic mass is 9.98. The molecule has 0 saturated carbocycles. The molecule has 0 aliphatic heterocycles. The Labute approximate surface area is 152 Å². The van der Waals surface area contributed by atoms with Crippen LogP contribution in [0.2, 0.25) is 0 Å². The Bertz CT molecular complexity index is 889. The number of para-hydroxylation sites is 1. The Morgan fingerprint density at radius 2 is 2.04 bits per heavy atom. The molecule has 1 aromatic carbocycles. The second-order valence-electron chi connectivity index (χ2n) is 6.37. The van der Waals surface area contributed by atoms with E-state index in [4.69, 9.17) is 4.42 Å². The zero-order valence-electron chi connectivity index (χ0n) is 15.1. The number of aryl methyl sites for hydroxylation is 1. The van der Waals surface area contributed by atoms with Gasteiger partial charge in [-0.25, -0.2) is 9.97 Å². The van der Waals surface area contributed by atoms with E-state index >= 15 is 0 Å². The lowest BCUT2D eigenvalue weighted by Gasteiger charge is -2.16. The van der Waals surface area contributed by atoms with Crippen LogP contribution in [0.1, 0.15) is 47.1 Å². The van der Waals surface area contributed by atoms with E-state index in [1.54, 1.807) is 12.3 Å². The molecule has 3 aromatic rings. The van der Waals surface area contributed by atoms with Crippen molar-refractivity contribution >= 4 is 17.4 Å². The number of hydrogen-bond acceptors (Lipinski definition) is 5. The van der Waals surface area contributed by atoms with Crippen molar-refractivity contribution in [3.63, 3.8) is 0 Å². The average Bonchev–Trinajstić information content (AvgIpc) is 3.15. The van der Waals surface area contributed by atoms with Gasteiger partial charge in [-0.15, -0.1) is 0 Å². The van der Waals surface area contributed by atoms with Crippen molar-refractivity contribution in [3.8, 4) is 0 Å². The molecular formula is C20H22N4O2. The average molecular weight is 350 g/mol. The fourth-order valence-corrected chi connectivity index (χ4v) is 2.69. The zero-order valence-corrected chi connectivity index (χ0v) is 15.1. The van der Waals surface area contributed by atoms with Crippen LogP contribution >= 0.6 is 0 Å². The van der Waals surface area contributed by atoms with Gasteiger partial charge in [-0.1, -0.05) is 32.0 Å². The number of nitrogens with zero attached hydrogens (tertiary/aromatic N) is 2. The molecular weight excluding hydrogens is 328 g/mol. The minimum Gasteiger partial charge on any atom is -0.467 e. The maximum atomic E-state index is 12.7. The van der Waals surface area contributed by atoms with E-state index in [0.29, 0.717) is 24.0 Å². The molecule has 0 spiro atoms. The first-order valence-electron chi connectivity index (χ1n) is 8.53. The molecule has 6 heteroatoms. The van der Waals surface area contributed by atoms with E-state index in [-0.39, 0.29) is 5.91 Å². The molecule has 2 heterocycles. The van der Waals surface area contributed by atoms with Crippen LogP contribution < -0.4 is 10.6 Å². The minimum atomic E-state index is -0.260. The lowest BCUT2D eigenvalue weighted by molar-refractivity contribution is 0.102. The van der Waals surface area contributed by atoms with Crippen molar-refractivity contribution in [2.45, 2.75) is 33.2 Å². The van der Waals surface area contributed by atoms with Gasteiger partial charge < -0.3 is 15.1 Å². The van der Waals surface area contributed by atoms with Gasteiger partial charge in [-0.05, 0) is 36.1 Å². The summed E-state index contributed by atoms with van der Waals surface area (Å²) in [5.74, 6) is 1.40. The number of furan rings is 1. The molecule has 0 saturated heterocycles. The number of aromatic nitrogens is 2. The summed E-state index contributed by atoms with van der Waals surface area (Å²) in [4.78, 5) is 20.9. The highest BCUT2D eigenvalue weighted by Crippen LogP contribution is 2.27. The van der Waals surface area contributed by atoms with Crippen molar-refractivity contribution in [3.05, 3.63) is 71.6 Å². The van der Waals surface area contributed by atoms with Gasteiger partial charge in [-0.3, -0.25) is 4.79 Å². The minimum absolute atomic E-state index is 0.260. The summed E-state index contributed by atoms with van der Waals surface area (Å²) in [6.07, 6.45) is 2.99. The number of carbonyl (C=O) groups is 1. The standard InChI is InChI=1S/C20H22N4O2/c1-13(2)16-8-4-6-14(3)19(16)24-20(25)17-10-18(23-12-22-17)21-11-15-7-5-9-26-15/h4-10,12-13H,11H2,1-3H3,(H,24,25)(H,21,22,23). The third-order valence-electron chi connectivity index (χ3n) is 4.09. The number of benzene rings is 1. The summed E-state index contributed by atoms with van der Waals surface area (Å²) in [6.45, 7) is 6.68. The van der Waals surface area contributed by atoms with Gasteiger partial charge in [-0.2, -0.15) is 0 Å². The Hall–Kier alpha value is -3.15. The fraction of sp³-hybridized carbons (Fsp3) is 0.250. The first-order chi connectivity index (χ1) is 12.5. The highest BCUT2D eigenvalue weighted by atomic mass is 16.3. The Morgan fingerprint density at radius 3 is 2.77 bits per heavy atom. The second kappa shape index (κ2) is 7.82. The first kappa shape index (κ1) is 17.7. The topological polar surface area (TPSA) is 80.0 Å². The molecule has 6 nitrogen and oxygen atoms in total. The van der Waals surface area contributed by atoms with E-state index in [1.165, 1.54) is 6.33 Å². The van der Waals surface area contributed by atoms with Gasteiger partial charge in [0.25, 0.3) is 5.91 Å². The summed E-state index contributed by atoms with van der Waals surface area (Å²) < 4.78 is 5.28. The smallest absolute Gasteiger partial charge is 0.274 e. The van der Waals surface area contributed by atoms with E-state index in [1.807, 2.05) is 37.3 Å². The highest BCUT2D eigenvalue weighted by molar-refractivity contribution is 6.04. The van der Waals surface area contributed by atoms with Crippen molar-refractivity contribution in [2.75, 3.05) is 10.6 Å². The van der Waals surface area contributed by atoms with Crippen molar-refractivity contribution in [1.82, 2.24) is 9.97 Å². The molecule has 0 radical (unpaired) electrons. The van der Waals surface area contributed by atoms with Gasteiger partial charge in [0, 0.05) is 11.8 Å². The molecule has 134 valence electrons. The van der Waals surface area contributed by atoms with Gasteiger partial charge in [0.2, 0.25) is 0 Å². The molecule has 0 aliphatic rings. The lowest BCUT2D eigenvalue weighted by Crippen LogP contribution is -2.17.